The minimum Gasteiger partial charge on any atom is -0.389 e. The van der Waals surface area contributed by atoms with E-state index in [1.165, 1.54) is 6.08 Å². The monoisotopic (exact) mass is 590 g/mol. The second-order valence-electron chi connectivity index (χ2n) is 11.9. The van der Waals surface area contributed by atoms with Crippen molar-refractivity contribution in [1.82, 2.24) is 25.2 Å². The van der Waals surface area contributed by atoms with Gasteiger partial charge in [-0.2, -0.15) is 18.3 Å². The van der Waals surface area contributed by atoms with Gasteiger partial charge in [-0.05, 0) is 75.6 Å². The molecule has 2 aromatic rings. The number of nitrogens with one attached hydrogen (secondary N) is 2. The number of piperidine rings is 1. The van der Waals surface area contributed by atoms with Crippen molar-refractivity contribution in [2.75, 3.05) is 20.1 Å². The Kier molecular flexibility index (Phi) is 8.60. The summed E-state index contributed by atoms with van der Waals surface area (Å²) in [6.45, 7) is 9.00. The second kappa shape index (κ2) is 11.9. The van der Waals surface area contributed by atoms with Crippen LogP contribution in [0.3, 0.4) is 0 Å². The third-order valence-corrected chi connectivity index (χ3v) is 9.09. The lowest BCUT2D eigenvalue weighted by Gasteiger charge is -2.32. The van der Waals surface area contributed by atoms with Gasteiger partial charge < -0.3 is 10.6 Å². The average molecular weight is 591 g/mol. The van der Waals surface area contributed by atoms with Crippen LogP contribution in [0.5, 0.6) is 0 Å². The van der Waals surface area contributed by atoms with Crippen molar-refractivity contribution in [3.05, 3.63) is 66.3 Å². The fourth-order valence-electron chi connectivity index (χ4n) is 6.42. The maximum absolute atomic E-state index is 13.5. The zero-order valence-electron chi connectivity index (χ0n) is 24.0. The van der Waals surface area contributed by atoms with E-state index in [1.54, 1.807) is 6.08 Å². The lowest BCUT2D eigenvalue weighted by Crippen LogP contribution is -2.32. The summed E-state index contributed by atoms with van der Waals surface area (Å²) in [5.41, 5.74) is 2.89. The van der Waals surface area contributed by atoms with Gasteiger partial charge in [0.1, 0.15) is 5.41 Å². The molecule has 6 rings (SSSR count). The van der Waals surface area contributed by atoms with Gasteiger partial charge in [-0.1, -0.05) is 25.3 Å². The van der Waals surface area contributed by atoms with E-state index in [0.717, 1.165) is 48.5 Å². The van der Waals surface area contributed by atoms with Crippen LogP contribution in [0.4, 0.5) is 22.0 Å². The highest BCUT2D eigenvalue weighted by molar-refractivity contribution is 6.09. The molecule has 0 aromatic carbocycles. The van der Waals surface area contributed by atoms with Gasteiger partial charge in [0.05, 0.1) is 35.9 Å². The number of imidazole rings is 1. The topological polar surface area (TPSA) is 66.6 Å². The van der Waals surface area contributed by atoms with E-state index in [4.69, 9.17) is 10.1 Å². The standard InChI is InChI=1S/C21H29F2N5.C10H10F3N/c1-14-16(4-3-11-25-14)12-17-5-6-19-26-18(13-28(19)27-17)20(24-2)15-7-9-21(22,23)10-8-15;1-2-7-3-6-14-8(7)9(4-5-9)10(11,12)13/h5-6,13,15-16,20,24-25H,1,3-4,7-12H2,2H3;2-3H,1,4-6H2. The molecular weight excluding hydrogens is 551 g/mol. The van der Waals surface area contributed by atoms with Crippen LogP contribution in [0.15, 0.2) is 59.9 Å². The Balaban J connectivity index is 0.000000211. The van der Waals surface area contributed by atoms with Gasteiger partial charge in [-0.3, -0.25) is 4.99 Å². The maximum atomic E-state index is 13.5. The van der Waals surface area contributed by atoms with Crippen LogP contribution in [0.25, 0.3) is 5.65 Å². The first-order valence-electron chi connectivity index (χ1n) is 14.7. The summed E-state index contributed by atoms with van der Waals surface area (Å²) in [5, 5.41) is 11.4. The molecule has 2 aliphatic heterocycles. The molecule has 2 aliphatic carbocycles. The molecule has 2 aromatic heterocycles. The molecule has 2 atom stereocenters. The summed E-state index contributed by atoms with van der Waals surface area (Å²) < 4.78 is 67.0. The molecule has 1 saturated heterocycles. The molecule has 0 spiro atoms. The highest BCUT2D eigenvalue weighted by Gasteiger charge is 2.66. The first kappa shape index (κ1) is 30.4. The first-order valence-corrected chi connectivity index (χ1v) is 14.7. The predicted molar refractivity (Wildman–Crippen MR) is 154 cm³/mol. The van der Waals surface area contributed by atoms with E-state index in [1.807, 2.05) is 29.9 Å². The smallest absolute Gasteiger partial charge is 0.389 e. The van der Waals surface area contributed by atoms with E-state index in [-0.39, 0.29) is 43.4 Å². The Hall–Kier alpha value is -3.08. The summed E-state index contributed by atoms with van der Waals surface area (Å²) in [6, 6.07) is 4.00. The average Bonchev–Trinajstić information content (AvgIpc) is 3.45. The molecule has 228 valence electrons. The van der Waals surface area contributed by atoms with Crippen LogP contribution >= 0.6 is 0 Å². The lowest BCUT2D eigenvalue weighted by molar-refractivity contribution is -0.165. The van der Waals surface area contributed by atoms with Crippen molar-refractivity contribution in [3.8, 4) is 0 Å². The minimum atomic E-state index is -4.17. The molecule has 0 bridgehead atoms. The van der Waals surface area contributed by atoms with Crippen LogP contribution in [-0.4, -0.2) is 52.5 Å². The highest BCUT2D eigenvalue weighted by atomic mass is 19.4. The van der Waals surface area contributed by atoms with E-state index in [9.17, 15) is 22.0 Å². The minimum absolute atomic E-state index is 0.0245. The number of rotatable bonds is 7. The number of allylic oxidation sites excluding steroid dienone is 3. The third kappa shape index (κ3) is 6.31. The molecule has 2 unspecified atom stereocenters. The zero-order valence-corrected chi connectivity index (χ0v) is 24.0. The Morgan fingerprint density at radius 1 is 1.17 bits per heavy atom. The van der Waals surface area contributed by atoms with E-state index < -0.39 is 17.5 Å². The summed E-state index contributed by atoms with van der Waals surface area (Å²) in [5.74, 6) is -1.93. The van der Waals surface area contributed by atoms with Crippen molar-refractivity contribution in [2.24, 2.45) is 22.2 Å². The largest absolute Gasteiger partial charge is 0.399 e. The van der Waals surface area contributed by atoms with Gasteiger partial charge in [0.25, 0.3) is 0 Å². The predicted octanol–water partition coefficient (Wildman–Crippen LogP) is 6.77. The van der Waals surface area contributed by atoms with Gasteiger partial charge in [0.2, 0.25) is 5.92 Å². The van der Waals surface area contributed by atoms with Crippen molar-refractivity contribution in [1.29, 1.82) is 0 Å². The molecule has 42 heavy (non-hydrogen) atoms. The third-order valence-electron chi connectivity index (χ3n) is 9.09. The highest BCUT2D eigenvalue weighted by Crippen LogP contribution is 2.60. The Morgan fingerprint density at radius 3 is 2.52 bits per heavy atom. The molecule has 2 saturated carbocycles. The number of alkyl halides is 5. The number of halogens is 5. The Morgan fingerprint density at radius 2 is 1.90 bits per heavy atom. The summed E-state index contributed by atoms with van der Waals surface area (Å²) in [7, 11) is 1.88. The second-order valence-corrected chi connectivity index (χ2v) is 11.9. The maximum Gasteiger partial charge on any atom is 0.399 e. The molecule has 0 radical (unpaired) electrons. The molecular formula is C31H39F5N6. The van der Waals surface area contributed by atoms with Crippen LogP contribution in [0.2, 0.25) is 0 Å². The summed E-state index contributed by atoms with van der Waals surface area (Å²) in [6.07, 6.45) is 5.37. The number of hydrogen-bond acceptors (Lipinski definition) is 5. The molecule has 2 N–H and O–H groups in total. The van der Waals surface area contributed by atoms with Gasteiger partial charge >= 0.3 is 6.18 Å². The Labute approximate surface area is 243 Å². The van der Waals surface area contributed by atoms with Gasteiger partial charge in [0, 0.05) is 31.0 Å². The molecule has 3 fully saturated rings. The fourth-order valence-corrected chi connectivity index (χ4v) is 6.42. The number of fused-ring (bicyclic) bond motifs is 1. The van der Waals surface area contributed by atoms with Crippen LogP contribution < -0.4 is 10.6 Å². The lowest BCUT2D eigenvalue weighted by atomic mass is 9.81. The van der Waals surface area contributed by atoms with Gasteiger partial charge in [-0.25, -0.2) is 18.3 Å². The molecule has 4 aliphatic rings. The van der Waals surface area contributed by atoms with Crippen molar-refractivity contribution >= 4 is 11.4 Å². The Bertz CT molecular complexity index is 1360. The summed E-state index contributed by atoms with van der Waals surface area (Å²) in [4.78, 5) is 8.64. The SMILES string of the molecule is C=C1NCCCC1Cc1ccc2nc(C(NC)C3CCC(F)(F)CC3)cn2n1.C=CC1=CCN=C1C1(C(F)(F)F)CC1. The van der Waals surface area contributed by atoms with Crippen LogP contribution in [-0.2, 0) is 6.42 Å². The number of nitrogens with zero attached hydrogens (tertiary/aromatic N) is 4. The fraction of sp³-hybridized carbons (Fsp3) is 0.581. The molecule has 0 amide bonds. The van der Waals surface area contributed by atoms with E-state index in [0.29, 0.717) is 30.9 Å². The quantitative estimate of drug-likeness (QED) is 0.350. The molecule has 6 nitrogen and oxygen atoms in total. The van der Waals surface area contributed by atoms with Gasteiger partial charge in [0.15, 0.2) is 5.65 Å². The molecule has 4 heterocycles. The van der Waals surface area contributed by atoms with Gasteiger partial charge in [-0.15, -0.1) is 0 Å². The zero-order chi connectivity index (χ0) is 30.1. The van der Waals surface area contributed by atoms with Crippen LogP contribution in [0.1, 0.15) is 68.8 Å². The van der Waals surface area contributed by atoms with Crippen molar-refractivity contribution < 1.29 is 22.0 Å². The van der Waals surface area contributed by atoms with Crippen molar-refractivity contribution in [3.63, 3.8) is 0 Å². The number of aliphatic imine (C=N–C) groups is 1. The summed E-state index contributed by atoms with van der Waals surface area (Å²) >= 11 is 0. The number of aromatic nitrogens is 3. The van der Waals surface area contributed by atoms with Crippen molar-refractivity contribution in [2.45, 2.75) is 75.9 Å². The molecule has 11 heteroatoms. The van der Waals surface area contributed by atoms with E-state index >= 15 is 0 Å². The number of hydrogen-bond donors (Lipinski definition) is 2. The normalized spacial score (nSPS) is 24.2. The van der Waals surface area contributed by atoms with Crippen LogP contribution in [0, 0.1) is 17.3 Å². The first-order chi connectivity index (χ1) is 20.0. The van der Waals surface area contributed by atoms with E-state index in [2.05, 4.69) is 28.8 Å².